The minimum atomic E-state index is -1.65. The molecule has 0 unspecified atom stereocenters. The first-order valence-corrected chi connectivity index (χ1v) is 19.5. The zero-order valence-electron chi connectivity index (χ0n) is 32.2. The van der Waals surface area contributed by atoms with Gasteiger partial charge in [0.15, 0.2) is 6.29 Å². The van der Waals surface area contributed by atoms with Gasteiger partial charge < -0.3 is 51.8 Å². The second-order valence-corrected chi connectivity index (χ2v) is 14.2. The van der Waals surface area contributed by atoms with Gasteiger partial charge in [-0.2, -0.15) is 0 Å². The number of carbonyl (C=O) groups is 6. The van der Waals surface area contributed by atoms with Gasteiger partial charge in [-0.05, 0) is 26.7 Å². The molecule has 0 saturated carbocycles. The summed E-state index contributed by atoms with van der Waals surface area (Å²) in [6.45, 7) is 5.91. The van der Waals surface area contributed by atoms with Crippen molar-refractivity contribution in [2.45, 2.75) is 192 Å². The third-order valence-corrected chi connectivity index (χ3v) is 9.36. The Bertz CT molecular complexity index is 1130. The number of aliphatic carboxylic acids is 1. The average Bonchev–Trinajstić information content (AvgIpc) is 3.09. The summed E-state index contributed by atoms with van der Waals surface area (Å²) in [5.41, 5.74) is 5.25. The molecular weight excluding hydrogens is 690 g/mol. The number of aliphatic hydroxyl groups excluding tert-OH is 2. The molecule has 1 rings (SSSR count). The van der Waals surface area contributed by atoms with Crippen molar-refractivity contribution < 1.29 is 53.6 Å². The third-order valence-electron chi connectivity index (χ3n) is 9.36. The van der Waals surface area contributed by atoms with Crippen molar-refractivity contribution in [1.29, 1.82) is 0 Å². The Morgan fingerprint density at radius 1 is 0.774 bits per heavy atom. The molecule has 8 atom stereocenters. The lowest BCUT2D eigenvalue weighted by Crippen LogP contribution is -2.66. The summed E-state index contributed by atoms with van der Waals surface area (Å²) in [6.07, 6.45) is 10.9. The molecule has 0 bridgehead atoms. The molecule has 1 fully saturated rings. The highest BCUT2D eigenvalue weighted by Gasteiger charge is 2.47. The summed E-state index contributed by atoms with van der Waals surface area (Å²) in [6, 6.07) is -3.76. The van der Waals surface area contributed by atoms with Crippen LogP contribution >= 0.6 is 0 Å². The van der Waals surface area contributed by atoms with Crippen LogP contribution in [0.15, 0.2) is 0 Å². The number of nitrogens with two attached hydrogens (primary N) is 1. The number of hydrogen-bond acceptors (Lipinski definition) is 10. The minimum Gasteiger partial charge on any atom is -0.481 e. The highest BCUT2D eigenvalue weighted by Crippen LogP contribution is 2.24. The van der Waals surface area contributed by atoms with Crippen molar-refractivity contribution in [3.8, 4) is 0 Å². The molecule has 53 heavy (non-hydrogen) atoms. The van der Waals surface area contributed by atoms with Crippen molar-refractivity contribution in [2.24, 2.45) is 5.73 Å². The van der Waals surface area contributed by atoms with E-state index >= 15 is 0 Å². The number of carboxylic acids is 1. The predicted octanol–water partition coefficient (Wildman–Crippen LogP) is 2.06. The van der Waals surface area contributed by atoms with Gasteiger partial charge in [0.1, 0.15) is 42.5 Å². The number of carbonyl (C=O) groups excluding carboxylic acids is 5. The van der Waals surface area contributed by atoms with Crippen LogP contribution in [0.5, 0.6) is 0 Å². The first kappa shape index (κ1) is 47.7. The van der Waals surface area contributed by atoms with E-state index in [-0.39, 0.29) is 18.9 Å². The molecule has 306 valence electrons. The Hall–Kier alpha value is -3.34. The van der Waals surface area contributed by atoms with Crippen LogP contribution in [0.1, 0.15) is 143 Å². The van der Waals surface area contributed by atoms with Gasteiger partial charge in [-0.25, -0.2) is 0 Å². The van der Waals surface area contributed by atoms with Crippen LogP contribution in [0, 0.1) is 0 Å². The molecule has 0 aromatic heterocycles. The summed E-state index contributed by atoms with van der Waals surface area (Å²) < 4.78 is 11.3. The van der Waals surface area contributed by atoms with E-state index in [2.05, 4.69) is 28.2 Å². The number of hydrogen-bond donors (Lipinski definition) is 8. The lowest BCUT2D eigenvalue weighted by Gasteiger charge is -2.43. The van der Waals surface area contributed by atoms with Crippen LogP contribution < -0.4 is 27.0 Å². The van der Waals surface area contributed by atoms with Gasteiger partial charge in [-0.15, -0.1) is 0 Å². The van der Waals surface area contributed by atoms with E-state index in [1.807, 2.05) is 0 Å². The molecule has 1 heterocycles. The molecule has 9 N–H and O–H groups in total. The summed E-state index contributed by atoms with van der Waals surface area (Å²) in [7, 11) is 0. The molecular formula is C37H67N5O11. The fourth-order valence-electron chi connectivity index (χ4n) is 6.16. The van der Waals surface area contributed by atoms with Crippen LogP contribution in [0.3, 0.4) is 0 Å². The predicted molar refractivity (Wildman–Crippen MR) is 197 cm³/mol. The van der Waals surface area contributed by atoms with Crippen LogP contribution in [0.2, 0.25) is 0 Å². The standard InChI is InChI=1S/C37H67N5O11/c1-5-6-7-8-9-10-11-12-13-14-15-16-17-18-19-20-29(44)39-23-28-32(47)33(31(37(51)53-28)41-26(4)43)52-25(3)36(50)40-24(2)35(49)42-27(34(38)48)21-22-30(45)46/h24-25,27-28,31-33,37,47,51H,5-23H2,1-4H3,(H2,38,48)(H,39,44)(H,40,50)(H,41,43)(H,42,49)(H,45,46)/t24-,25+,27+,28+,31+,32+,33+,37+/m0/s1. The zero-order valence-corrected chi connectivity index (χ0v) is 32.2. The van der Waals surface area contributed by atoms with Gasteiger partial charge in [0.25, 0.3) is 0 Å². The summed E-state index contributed by atoms with van der Waals surface area (Å²) >= 11 is 0. The molecule has 16 heteroatoms. The highest BCUT2D eigenvalue weighted by molar-refractivity contribution is 5.92. The lowest BCUT2D eigenvalue weighted by molar-refractivity contribution is -0.259. The van der Waals surface area contributed by atoms with E-state index in [1.54, 1.807) is 0 Å². The van der Waals surface area contributed by atoms with E-state index in [4.69, 9.17) is 20.3 Å². The maximum Gasteiger partial charge on any atom is 0.303 e. The van der Waals surface area contributed by atoms with Gasteiger partial charge in [0.05, 0.1) is 0 Å². The number of rotatable bonds is 29. The van der Waals surface area contributed by atoms with E-state index in [0.29, 0.717) is 12.8 Å². The van der Waals surface area contributed by atoms with E-state index in [1.165, 1.54) is 91.4 Å². The van der Waals surface area contributed by atoms with E-state index < -0.39 is 84.9 Å². The van der Waals surface area contributed by atoms with Gasteiger partial charge in [0, 0.05) is 26.3 Å². The number of carboxylic acid groups (broad SMARTS) is 1. The molecule has 0 aromatic rings. The largest absolute Gasteiger partial charge is 0.481 e. The number of aliphatic hydroxyl groups is 2. The lowest BCUT2D eigenvalue weighted by atomic mass is 9.95. The summed E-state index contributed by atoms with van der Waals surface area (Å²) in [4.78, 5) is 72.5. The number of nitrogens with one attached hydrogen (secondary N) is 4. The maximum absolute atomic E-state index is 13.0. The molecule has 5 amide bonds. The normalized spacial score (nSPS) is 21.5. The van der Waals surface area contributed by atoms with Crippen molar-refractivity contribution >= 4 is 35.5 Å². The van der Waals surface area contributed by atoms with Crippen LogP contribution in [0.4, 0.5) is 0 Å². The first-order valence-electron chi connectivity index (χ1n) is 19.5. The van der Waals surface area contributed by atoms with Crippen molar-refractivity contribution in [1.82, 2.24) is 21.3 Å². The smallest absolute Gasteiger partial charge is 0.303 e. The van der Waals surface area contributed by atoms with Crippen LogP contribution in [0.25, 0.3) is 0 Å². The van der Waals surface area contributed by atoms with Crippen molar-refractivity contribution in [3.05, 3.63) is 0 Å². The zero-order chi connectivity index (χ0) is 39.8. The van der Waals surface area contributed by atoms with Crippen molar-refractivity contribution in [3.63, 3.8) is 0 Å². The highest BCUT2D eigenvalue weighted by atomic mass is 16.6. The number of amides is 5. The number of ether oxygens (including phenoxy) is 2. The Morgan fingerprint density at radius 3 is 1.79 bits per heavy atom. The topological polar surface area (TPSA) is 256 Å². The van der Waals surface area contributed by atoms with Gasteiger partial charge in [-0.1, -0.05) is 96.8 Å². The number of primary amides is 1. The quantitative estimate of drug-likeness (QED) is 0.0513. The van der Waals surface area contributed by atoms with Crippen LogP contribution in [-0.4, -0.2) is 106 Å². The van der Waals surface area contributed by atoms with E-state index in [9.17, 15) is 39.0 Å². The monoisotopic (exact) mass is 757 g/mol. The molecule has 1 aliphatic rings. The Labute approximate surface area is 314 Å². The Kier molecular flexibility index (Phi) is 24.5. The number of unbranched alkanes of at least 4 members (excludes halogenated alkanes) is 14. The molecule has 1 aliphatic heterocycles. The third kappa shape index (κ3) is 20.6. The molecule has 16 nitrogen and oxygen atoms in total. The van der Waals surface area contributed by atoms with Crippen molar-refractivity contribution in [2.75, 3.05) is 6.54 Å². The first-order chi connectivity index (χ1) is 25.2. The van der Waals surface area contributed by atoms with Gasteiger partial charge in [0.2, 0.25) is 29.5 Å². The molecule has 0 radical (unpaired) electrons. The summed E-state index contributed by atoms with van der Waals surface area (Å²) in [5.74, 6) is -4.55. The van der Waals surface area contributed by atoms with E-state index in [0.717, 1.165) is 19.3 Å². The van der Waals surface area contributed by atoms with Gasteiger partial charge >= 0.3 is 5.97 Å². The minimum absolute atomic E-state index is 0.164. The second-order valence-electron chi connectivity index (χ2n) is 14.2. The van der Waals surface area contributed by atoms with Gasteiger partial charge in [-0.3, -0.25) is 28.8 Å². The molecule has 0 spiro atoms. The Balaban J connectivity index is 2.53. The van der Waals surface area contributed by atoms with Crippen LogP contribution in [-0.2, 0) is 38.2 Å². The molecule has 0 aliphatic carbocycles. The fourth-order valence-corrected chi connectivity index (χ4v) is 6.16. The molecule has 1 saturated heterocycles. The SMILES string of the molecule is CCCCCCCCCCCCCCCCCC(=O)NC[C@H]1O[C@@H](O)[C@H](NC(C)=O)[C@@H](O[C@H](C)C(=O)N[C@@H](C)C(=O)N[C@H](CCC(=O)O)C(N)=O)[C@@H]1O. The molecule has 0 aromatic carbocycles. The average molecular weight is 758 g/mol. The summed E-state index contributed by atoms with van der Waals surface area (Å²) in [5, 5.41) is 40.6. The maximum atomic E-state index is 13.0. The second kappa shape index (κ2) is 27.3. The Morgan fingerprint density at radius 2 is 1.30 bits per heavy atom. The fraction of sp³-hybridized carbons (Fsp3) is 0.838.